The SMILES string of the molecule is COc1cc(OC)c(C(=O)NC(CN)C2CC2)cc1OC.Cl. The van der Waals surface area contributed by atoms with E-state index in [2.05, 4.69) is 5.32 Å². The second-order valence-electron chi connectivity index (χ2n) is 5.06. The Labute approximate surface area is 136 Å². The summed E-state index contributed by atoms with van der Waals surface area (Å²) in [6.45, 7) is 0.437. The molecule has 0 spiro atoms. The number of nitrogens with one attached hydrogen (secondary N) is 1. The molecule has 6 nitrogen and oxygen atoms in total. The molecule has 1 unspecified atom stereocenters. The fraction of sp³-hybridized carbons (Fsp3) is 0.533. The van der Waals surface area contributed by atoms with Crippen molar-refractivity contribution in [3.05, 3.63) is 17.7 Å². The van der Waals surface area contributed by atoms with E-state index in [1.165, 1.54) is 21.3 Å². The third kappa shape index (κ3) is 3.96. The molecule has 0 heterocycles. The normalized spacial score (nSPS) is 14.5. The zero-order valence-corrected chi connectivity index (χ0v) is 13.9. The summed E-state index contributed by atoms with van der Waals surface area (Å²) in [5, 5.41) is 2.97. The van der Waals surface area contributed by atoms with Gasteiger partial charge in [0.25, 0.3) is 5.91 Å². The fourth-order valence-electron chi connectivity index (χ4n) is 2.32. The van der Waals surface area contributed by atoms with Crippen molar-refractivity contribution in [3.8, 4) is 17.2 Å². The van der Waals surface area contributed by atoms with E-state index in [9.17, 15) is 4.79 Å². The van der Waals surface area contributed by atoms with Gasteiger partial charge in [0.15, 0.2) is 11.5 Å². The minimum atomic E-state index is -0.213. The molecule has 0 radical (unpaired) electrons. The van der Waals surface area contributed by atoms with Crippen molar-refractivity contribution in [1.29, 1.82) is 0 Å². The quantitative estimate of drug-likeness (QED) is 0.793. The number of carbonyl (C=O) groups excluding carboxylic acids is 1. The van der Waals surface area contributed by atoms with Crippen LogP contribution in [0.5, 0.6) is 17.2 Å². The van der Waals surface area contributed by atoms with E-state index in [0.29, 0.717) is 35.3 Å². The van der Waals surface area contributed by atoms with Crippen LogP contribution in [0.15, 0.2) is 12.1 Å². The average Bonchev–Trinajstić information content (AvgIpc) is 3.35. The highest BCUT2D eigenvalue weighted by Gasteiger charge is 2.32. The highest BCUT2D eigenvalue weighted by Crippen LogP contribution is 2.35. The van der Waals surface area contributed by atoms with Crippen LogP contribution in [-0.4, -0.2) is 39.8 Å². The molecular weight excluding hydrogens is 308 g/mol. The molecule has 0 aliphatic heterocycles. The van der Waals surface area contributed by atoms with Gasteiger partial charge in [-0.1, -0.05) is 0 Å². The Morgan fingerprint density at radius 2 is 1.73 bits per heavy atom. The van der Waals surface area contributed by atoms with Gasteiger partial charge in [0, 0.05) is 24.7 Å². The topological polar surface area (TPSA) is 82.8 Å². The summed E-state index contributed by atoms with van der Waals surface area (Å²) < 4.78 is 15.7. The fourth-order valence-corrected chi connectivity index (χ4v) is 2.32. The van der Waals surface area contributed by atoms with E-state index in [4.69, 9.17) is 19.9 Å². The molecule has 1 aromatic carbocycles. The van der Waals surface area contributed by atoms with E-state index in [0.717, 1.165) is 12.8 Å². The maximum absolute atomic E-state index is 12.5. The van der Waals surface area contributed by atoms with Gasteiger partial charge < -0.3 is 25.3 Å². The molecule has 0 saturated heterocycles. The Morgan fingerprint density at radius 3 is 2.18 bits per heavy atom. The van der Waals surface area contributed by atoms with Gasteiger partial charge in [0.1, 0.15) is 5.75 Å². The monoisotopic (exact) mass is 330 g/mol. The van der Waals surface area contributed by atoms with Crippen molar-refractivity contribution in [2.75, 3.05) is 27.9 Å². The number of amides is 1. The first-order chi connectivity index (χ1) is 10.1. The molecule has 124 valence electrons. The molecule has 0 aromatic heterocycles. The van der Waals surface area contributed by atoms with Crippen LogP contribution in [0.2, 0.25) is 0 Å². The standard InChI is InChI=1S/C15H22N2O4.ClH/c1-19-12-7-14(21-3)13(20-2)6-10(12)15(18)17-11(8-16)9-4-5-9;/h6-7,9,11H,4-5,8,16H2,1-3H3,(H,17,18);1H. The molecule has 1 amide bonds. The molecule has 3 N–H and O–H groups in total. The zero-order valence-electron chi connectivity index (χ0n) is 13.0. The molecule has 1 saturated carbocycles. The van der Waals surface area contributed by atoms with Crippen molar-refractivity contribution in [2.24, 2.45) is 11.7 Å². The Morgan fingerprint density at radius 1 is 1.18 bits per heavy atom. The highest BCUT2D eigenvalue weighted by molar-refractivity contribution is 5.98. The lowest BCUT2D eigenvalue weighted by Gasteiger charge is -2.18. The lowest BCUT2D eigenvalue weighted by atomic mass is 10.1. The number of ether oxygens (including phenoxy) is 3. The summed E-state index contributed by atoms with van der Waals surface area (Å²) in [5.41, 5.74) is 6.13. The lowest BCUT2D eigenvalue weighted by molar-refractivity contribution is 0.0930. The number of rotatable bonds is 7. The molecule has 7 heteroatoms. The van der Waals surface area contributed by atoms with Crippen LogP contribution in [0.1, 0.15) is 23.2 Å². The minimum absolute atomic E-state index is 0. The van der Waals surface area contributed by atoms with E-state index >= 15 is 0 Å². The predicted molar refractivity (Wildman–Crippen MR) is 86.4 cm³/mol. The van der Waals surface area contributed by atoms with Crippen LogP contribution in [0.25, 0.3) is 0 Å². The van der Waals surface area contributed by atoms with Crippen LogP contribution in [0, 0.1) is 5.92 Å². The Kier molecular flexibility index (Phi) is 6.77. The van der Waals surface area contributed by atoms with Crippen LogP contribution in [0.4, 0.5) is 0 Å². The third-order valence-corrected chi connectivity index (χ3v) is 3.71. The summed E-state index contributed by atoms with van der Waals surface area (Å²) in [5.74, 6) is 1.72. The van der Waals surface area contributed by atoms with Gasteiger partial charge in [0.2, 0.25) is 0 Å². The lowest BCUT2D eigenvalue weighted by Crippen LogP contribution is -2.41. The van der Waals surface area contributed by atoms with Crippen LogP contribution >= 0.6 is 12.4 Å². The van der Waals surface area contributed by atoms with Crippen molar-refractivity contribution < 1.29 is 19.0 Å². The highest BCUT2D eigenvalue weighted by atomic mass is 35.5. The third-order valence-electron chi connectivity index (χ3n) is 3.71. The van der Waals surface area contributed by atoms with Crippen LogP contribution < -0.4 is 25.3 Å². The number of halogens is 1. The smallest absolute Gasteiger partial charge is 0.255 e. The number of hydrogen-bond acceptors (Lipinski definition) is 5. The minimum Gasteiger partial charge on any atom is -0.496 e. The van der Waals surface area contributed by atoms with Gasteiger partial charge >= 0.3 is 0 Å². The second kappa shape index (κ2) is 8.10. The molecule has 1 aromatic rings. The van der Waals surface area contributed by atoms with E-state index in [-0.39, 0.29) is 24.4 Å². The molecule has 22 heavy (non-hydrogen) atoms. The Hall–Kier alpha value is -1.66. The summed E-state index contributed by atoms with van der Waals surface area (Å²) in [7, 11) is 4.58. The van der Waals surface area contributed by atoms with Gasteiger partial charge in [-0.05, 0) is 18.8 Å². The van der Waals surface area contributed by atoms with Crippen LogP contribution in [-0.2, 0) is 0 Å². The molecule has 2 rings (SSSR count). The number of carbonyl (C=O) groups is 1. The van der Waals surface area contributed by atoms with Gasteiger partial charge in [-0.15, -0.1) is 12.4 Å². The van der Waals surface area contributed by atoms with Crippen molar-refractivity contribution in [2.45, 2.75) is 18.9 Å². The van der Waals surface area contributed by atoms with Crippen molar-refractivity contribution in [3.63, 3.8) is 0 Å². The van der Waals surface area contributed by atoms with Gasteiger partial charge in [-0.25, -0.2) is 0 Å². The summed E-state index contributed by atoms with van der Waals surface area (Å²) >= 11 is 0. The molecule has 1 fully saturated rings. The Balaban J connectivity index is 0.00000242. The second-order valence-corrected chi connectivity index (χ2v) is 5.06. The van der Waals surface area contributed by atoms with Gasteiger partial charge in [0.05, 0.1) is 26.9 Å². The van der Waals surface area contributed by atoms with E-state index in [1.54, 1.807) is 12.1 Å². The van der Waals surface area contributed by atoms with Crippen molar-refractivity contribution >= 4 is 18.3 Å². The maximum atomic E-state index is 12.5. The number of benzene rings is 1. The van der Waals surface area contributed by atoms with E-state index in [1.807, 2.05) is 0 Å². The first-order valence-electron chi connectivity index (χ1n) is 6.95. The largest absolute Gasteiger partial charge is 0.496 e. The molecule has 1 atom stereocenters. The average molecular weight is 331 g/mol. The summed E-state index contributed by atoms with van der Waals surface area (Å²) in [6, 6.07) is 3.27. The molecule has 1 aliphatic carbocycles. The van der Waals surface area contributed by atoms with Gasteiger partial charge in [-0.2, -0.15) is 0 Å². The molecular formula is C15H23ClN2O4. The zero-order chi connectivity index (χ0) is 15.4. The number of methoxy groups -OCH3 is 3. The predicted octanol–water partition coefficient (Wildman–Crippen LogP) is 1.60. The Bertz CT molecular complexity index is 521. The maximum Gasteiger partial charge on any atom is 0.255 e. The molecule has 0 bridgehead atoms. The summed E-state index contributed by atoms with van der Waals surface area (Å²) in [6.07, 6.45) is 2.23. The molecule has 1 aliphatic rings. The summed E-state index contributed by atoms with van der Waals surface area (Å²) in [4.78, 5) is 12.5. The first kappa shape index (κ1) is 18.4. The van der Waals surface area contributed by atoms with Gasteiger partial charge in [-0.3, -0.25) is 4.79 Å². The van der Waals surface area contributed by atoms with E-state index < -0.39 is 0 Å². The number of hydrogen-bond donors (Lipinski definition) is 2. The van der Waals surface area contributed by atoms with Crippen LogP contribution in [0.3, 0.4) is 0 Å². The number of nitrogens with two attached hydrogens (primary N) is 1. The first-order valence-corrected chi connectivity index (χ1v) is 6.95. The van der Waals surface area contributed by atoms with Crippen molar-refractivity contribution in [1.82, 2.24) is 5.32 Å².